The molecule has 280 valence electrons. The van der Waals surface area contributed by atoms with Crippen LogP contribution < -0.4 is 5.32 Å². The van der Waals surface area contributed by atoms with Crippen molar-refractivity contribution in [1.82, 2.24) is 5.32 Å². The fourth-order valence-corrected chi connectivity index (χ4v) is 5.82. The molecule has 0 bridgehead atoms. The Hall–Kier alpha value is 0.0300. The first-order chi connectivity index (χ1) is 22.3. The SMILES string of the molecule is CC1CO1.CCCCCCCCCCCCCCCCCCNCCCCCCCCCCCCCCCCCC.O=P(O)(O)O. The van der Waals surface area contributed by atoms with Crippen molar-refractivity contribution in [3.05, 3.63) is 0 Å². The zero-order chi connectivity index (χ0) is 34.2. The predicted molar refractivity (Wildman–Crippen MR) is 202 cm³/mol. The molecule has 1 heterocycles. The van der Waals surface area contributed by atoms with Crippen LogP contribution in [0.5, 0.6) is 0 Å². The topological polar surface area (TPSA) is 102 Å². The highest BCUT2D eigenvalue weighted by Crippen LogP contribution is 2.25. The summed E-state index contributed by atoms with van der Waals surface area (Å²) in [5.41, 5.74) is 0. The maximum atomic E-state index is 8.88. The number of unbranched alkanes of at least 4 members (excludes halogenated alkanes) is 30. The molecular weight excluding hydrogens is 593 g/mol. The molecule has 1 rings (SSSR count). The Morgan fingerprint density at radius 3 is 0.761 bits per heavy atom. The molecule has 0 aromatic rings. The number of hydrogen-bond acceptors (Lipinski definition) is 3. The minimum absolute atomic E-state index is 0.583. The van der Waals surface area contributed by atoms with Crippen LogP contribution in [0.15, 0.2) is 0 Å². The normalized spacial score (nSPS) is 14.0. The molecule has 0 amide bonds. The number of ether oxygens (including phenoxy) is 1. The van der Waals surface area contributed by atoms with E-state index in [1.54, 1.807) is 0 Å². The van der Waals surface area contributed by atoms with Gasteiger partial charge in [-0.05, 0) is 32.9 Å². The Bertz CT molecular complexity index is 542. The highest BCUT2D eigenvalue weighted by atomic mass is 31.2. The van der Waals surface area contributed by atoms with E-state index in [0.29, 0.717) is 6.10 Å². The number of rotatable bonds is 34. The first-order valence-corrected chi connectivity index (χ1v) is 22.0. The molecule has 0 saturated carbocycles. The van der Waals surface area contributed by atoms with Crippen LogP contribution in [0.3, 0.4) is 0 Å². The first-order valence-electron chi connectivity index (χ1n) is 20.4. The Morgan fingerprint density at radius 2 is 0.609 bits per heavy atom. The summed E-state index contributed by atoms with van der Waals surface area (Å²) >= 11 is 0. The fourth-order valence-electron chi connectivity index (χ4n) is 5.82. The van der Waals surface area contributed by atoms with Crippen molar-refractivity contribution < 1.29 is 24.0 Å². The minimum atomic E-state index is -4.64. The summed E-state index contributed by atoms with van der Waals surface area (Å²) < 4.78 is 13.6. The van der Waals surface area contributed by atoms with Crippen molar-refractivity contribution in [1.29, 1.82) is 0 Å². The second-order valence-electron chi connectivity index (χ2n) is 14.0. The molecular formula is C39H84NO5P. The summed E-state index contributed by atoms with van der Waals surface area (Å²) in [4.78, 5) is 21.6. The van der Waals surface area contributed by atoms with E-state index in [4.69, 9.17) is 24.0 Å². The molecule has 0 aromatic heterocycles. The quantitative estimate of drug-likeness (QED) is 0.0307. The van der Waals surface area contributed by atoms with E-state index in [1.807, 2.05) is 0 Å². The third-order valence-corrected chi connectivity index (χ3v) is 8.91. The van der Waals surface area contributed by atoms with Crippen LogP contribution in [-0.2, 0) is 9.30 Å². The molecule has 1 aliphatic rings. The van der Waals surface area contributed by atoms with Crippen molar-refractivity contribution in [2.45, 2.75) is 232 Å². The van der Waals surface area contributed by atoms with E-state index in [-0.39, 0.29) is 0 Å². The summed E-state index contributed by atoms with van der Waals surface area (Å²) in [5, 5.41) is 3.68. The largest absolute Gasteiger partial charge is 0.466 e. The Labute approximate surface area is 288 Å². The van der Waals surface area contributed by atoms with Crippen LogP contribution in [-0.4, -0.2) is 40.5 Å². The van der Waals surface area contributed by atoms with Crippen molar-refractivity contribution in [2.24, 2.45) is 0 Å². The van der Waals surface area contributed by atoms with Gasteiger partial charge in [-0.25, -0.2) is 4.57 Å². The van der Waals surface area contributed by atoms with E-state index in [0.717, 1.165) is 6.61 Å². The van der Waals surface area contributed by atoms with Crippen LogP contribution in [0.25, 0.3) is 0 Å². The highest BCUT2D eigenvalue weighted by Gasteiger charge is 2.13. The van der Waals surface area contributed by atoms with Gasteiger partial charge in [0.05, 0.1) is 12.7 Å². The molecule has 1 saturated heterocycles. The summed E-state index contributed by atoms with van der Waals surface area (Å²) in [7, 11) is -4.64. The second kappa shape index (κ2) is 41.2. The molecule has 1 atom stereocenters. The monoisotopic (exact) mass is 678 g/mol. The third-order valence-electron chi connectivity index (χ3n) is 8.91. The lowest BCUT2D eigenvalue weighted by molar-refractivity contribution is 0.275. The minimum Gasteiger partial charge on any atom is -0.373 e. The average Bonchev–Trinajstić information content (AvgIpc) is 3.81. The molecule has 1 aliphatic heterocycles. The van der Waals surface area contributed by atoms with Gasteiger partial charge < -0.3 is 24.7 Å². The van der Waals surface area contributed by atoms with E-state index in [2.05, 4.69) is 26.1 Å². The van der Waals surface area contributed by atoms with Gasteiger partial charge in [-0.15, -0.1) is 0 Å². The zero-order valence-corrected chi connectivity index (χ0v) is 32.3. The molecule has 46 heavy (non-hydrogen) atoms. The summed E-state index contributed by atoms with van der Waals surface area (Å²) in [5.74, 6) is 0. The van der Waals surface area contributed by atoms with Crippen LogP contribution in [0.2, 0.25) is 0 Å². The number of hydrogen-bond donors (Lipinski definition) is 4. The molecule has 0 aliphatic carbocycles. The van der Waals surface area contributed by atoms with Gasteiger partial charge in [0.25, 0.3) is 0 Å². The average molecular weight is 678 g/mol. The predicted octanol–water partition coefficient (Wildman–Crippen LogP) is 12.6. The maximum Gasteiger partial charge on any atom is 0.466 e. The van der Waals surface area contributed by atoms with Gasteiger partial charge in [0.1, 0.15) is 0 Å². The number of nitrogens with one attached hydrogen (secondary N) is 1. The van der Waals surface area contributed by atoms with Crippen LogP contribution in [0, 0.1) is 0 Å². The van der Waals surface area contributed by atoms with Crippen molar-refractivity contribution in [2.75, 3.05) is 19.7 Å². The lowest BCUT2D eigenvalue weighted by Gasteiger charge is -2.06. The summed E-state index contributed by atoms with van der Waals surface area (Å²) in [6, 6.07) is 0. The second-order valence-corrected chi connectivity index (χ2v) is 15.0. The van der Waals surface area contributed by atoms with E-state index < -0.39 is 7.82 Å². The van der Waals surface area contributed by atoms with Gasteiger partial charge in [0.15, 0.2) is 0 Å². The van der Waals surface area contributed by atoms with E-state index in [9.17, 15) is 0 Å². The van der Waals surface area contributed by atoms with Gasteiger partial charge in [0.2, 0.25) is 0 Å². The van der Waals surface area contributed by atoms with Crippen molar-refractivity contribution in [3.8, 4) is 0 Å². The molecule has 4 N–H and O–H groups in total. The highest BCUT2D eigenvalue weighted by molar-refractivity contribution is 7.45. The molecule has 7 heteroatoms. The molecule has 0 aromatic carbocycles. The molecule has 6 nitrogen and oxygen atoms in total. The Kier molecular flexibility index (Phi) is 43.1. The van der Waals surface area contributed by atoms with Gasteiger partial charge in [-0.3, -0.25) is 0 Å². The van der Waals surface area contributed by atoms with E-state index >= 15 is 0 Å². The third kappa shape index (κ3) is 59.5. The maximum absolute atomic E-state index is 8.88. The van der Waals surface area contributed by atoms with Gasteiger partial charge in [-0.2, -0.15) is 0 Å². The number of phosphoric acid groups is 1. The van der Waals surface area contributed by atoms with Crippen LogP contribution >= 0.6 is 7.82 Å². The lowest BCUT2D eigenvalue weighted by Crippen LogP contribution is -2.16. The van der Waals surface area contributed by atoms with Crippen LogP contribution in [0.1, 0.15) is 226 Å². The van der Waals surface area contributed by atoms with Crippen molar-refractivity contribution in [3.63, 3.8) is 0 Å². The standard InChI is InChI=1S/C36H75N.C3H6O.H3O4P/c1-3-5-7-9-11-13-15-17-19-21-23-25-27-29-31-33-35-37-36-34-32-30-28-26-24-22-20-18-16-14-12-10-8-6-4-2;1-3-2-4-3;1-5(2,3)4/h37H,3-36H2,1-2H3;3H,2H2,1H3;(H3,1,2,3,4). The zero-order valence-electron chi connectivity index (χ0n) is 31.4. The summed E-state index contributed by atoms with van der Waals surface area (Å²) in [6.45, 7) is 10.1. The van der Waals surface area contributed by atoms with Gasteiger partial charge in [-0.1, -0.05) is 206 Å². The summed E-state index contributed by atoms with van der Waals surface area (Å²) in [6.07, 6.45) is 47.3. The van der Waals surface area contributed by atoms with Crippen molar-refractivity contribution >= 4 is 7.82 Å². The van der Waals surface area contributed by atoms with Crippen LogP contribution in [0.4, 0.5) is 0 Å². The number of epoxide rings is 1. The molecule has 1 fully saturated rings. The van der Waals surface area contributed by atoms with E-state index in [1.165, 1.54) is 219 Å². The fraction of sp³-hybridized carbons (Fsp3) is 1.00. The molecule has 1 unspecified atom stereocenters. The van der Waals surface area contributed by atoms with Gasteiger partial charge >= 0.3 is 7.82 Å². The molecule has 0 spiro atoms. The molecule has 0 radical (unpaired) electrons. The lowest BCUT2D eigenvalue weighted by atomic mass is 10.0. The Balaban J connectivity index is 0. The smallest absolute Gasteiger partial charge is 0.373 e. The van der Waals surface area contributed by atoms with Gasteiger partial charge in [0, 0.05) is 0 Å². The Morgan fingerprint density at radius 1 is 0.457 bits per heavy atom. The first kappa shape index (κ1) is 48.1.